The third-order valence-electron chi connectivity index (χ3n) is 1.94. The van der Waals surface area contributed by atoms with E-state index in [0.717, 1.165) is 25.5 Å². The second-order valence-corrected chi connectivity index (χ2v) is 2.82. The van der Waals surface area contributed by atoms with Crippen molar-refractivity contribution >= 4 is 12.4 Å². The number of nitrogens with zero attached hydrogens (tertiary/aromatic N) is 2. The summed E-state index contributed by atoms with van der Waals surface area (Å²) < 4.78 is 0. The molecule has 1 aliphatic rings. The Morgan fingerprint density at radius 1 is 1.23 bits per heavy atom. The van der Waals surface area contributed by atoms with Crippen LogP contribution in [0.4, 0.5) is 0 Å². The van der Waals surface area contributed by atoms with Gasteiger partial charge in [0.05, 0.1) is 6.04 Å². The number of hydrogen-bond acceptors (Lipinski definition) is 4. The van der Waals surface area contributed by atoms with Gasteiger partial charge in [-0.05, 0) is 6.07 Å². The van der Waals surface area contributed by atoms with Crippen LogP contribution in [-0.2, 0) is 0 Å². The highest BCUT2D eigenvalue weighted by molar-refractivity contribution is 5.85. The highest BCUT2D eigenvalue weighted by atomic mass is 35.5. The quantitative estimate of drug-likeness (QED) is 0.677. The van der Waals surface area contributed by atoms with Gasteiger partial charge in [-0.3, -0.25) is 0 Å². The van der Waals surface area contributed by atoms with Gasteiger partial charge in [0.15, 0.2) is 0 Å². The molecule has 2 rings (SSSR count). The zero-order chi connectivity index (χ0) is 8.23. The van der Waals surface area contributed by atoms with Crippen LogP contribution in [0.1, 0.15) is 11.9 Å². The number of halogens is 1. The second kappa shape index (κ2) is 5.11. The van der Waals surface area contributed by atoms with Gasteiger partial charge in [-0.25, -0.2) is 9.97 Å². The van der Waals surface area contributed by atoms with Crippen LogP contribution in [0, 0.1) is 0 Å². The minimum Gasteiger partial charge on any atom is -0.313 e. The first-order valence-corrected chi connectivity index (χ1v) is 4.18. The van der Waals surface area contributed by atoms with Crippen LogP contribution < -0.4 is 10.6 Å². The zero-order valence-corrected chi connectivity index (χ0v) is 8.05. The molecule has 1 aromatic rings. The summed E-state index contributed by atoms with van der Waals surface area (Å²) in [4.78, 5) is 8.38. The Hall–Kier alpha value is -0.710. The molecule has 0 spiro atoms. The van der Waals surface area contributed by atoms with E-state index in [2.05, 4.69) is 20.6 Å². The van der Waals surface area contributed by atoms with E-state index in [9.17, 15) is 0 Å². The smallest absolute Gasteiger partial charge is 0.146 e. The number of nitrogens with one attached hydrogen (secondary N) is 2. The lowest BCUT2D eigenvalue weighted by Gasteiger charge is -2.22. The molecule has 0 saturated carbocycles. The second-order valence-electron chi connectivity index (χ2n) is 2.82. The van der Waals surface area contributed by atoms with Crippen molar-refractivity contribution in [3.8, 4) is 0 Å². The van der Waals surface area contributed by atoms with Crippen molar-refractivity contribution < 1.29 is 0 Å². The van der Waals surface area contributed by atoms with Crippen molar-refractivity contribution in [3.05, 3.63) is 24.3 Å². The van der Waals surface area contributed by atoms with Crippen molar-refractivity contribution in [2.75, 3.05) is 19.6 Å². The lowest BCUT2D eigenvalue weighted by molar-refractivity contribution is 0.415. The average molecular weight is 201 g/mol. The molecule has 2 heterocycles. The number of rotatable bonds is 1. The molecule has 2 N–H and O–H groups in total. The lowest BCUT2D eigenvalue weighted by atomic mass is 10.2. The van der Waals surface area contributed by atoms with Gasteiger partial charge in [0.25, 0.3) is 0 Å². The van der Waals surface area contributed by atoms with Gasteiger partial charge in [0, 0.05) is 32.0 Å². The van der Waals surface area contributed by atoms with Crippen LogP contribution in [-0.4, -0.2) is 29.6 Å². The molecule has 13 heavy (non-hydrogen) atoms. The summed E-state index contributed by atoms with van der Waals surface area (Å²) in [7, 11) is 0. The van der Waals surface area contributed by atoms with Crippen LogP contribution in [0.2, 0.25) is 0 Å². The number of aromatic nitrogens is 2. The third kappa shape index (κ3) is 2.62. The minimum absolute atomic E-state index is 0. The molecule has 5 heteroatoms. The van der Waals surface area contributed by atoms with E-state index in [1.54, 1.807) is 12.4 Å². The first kappa shape index (κ1) is 10.4. The molecule has 1 aromatic heterocycles. The summed E-state index contributed by atoms with van der Waals surface area (Å²) in [5.41, 5.74) is 0. The maximum atomic E-state index is 4.19. The van der Waals surface area contributed by atoms with Crippen molar-refractivity contribution in [1.29, 1.82) is 0 Å². The number of hydrogen-bond donors (Lipinski definition) is 2. The fraction of sp³-hybridized carbons (Fsp3) is 0.500. The van der Waals surface area contributed by atoms with Gasteiger partial charge in [0.2, 0.25) is 0 Å². The molecular weight excluding hydrogens is 188 g/mol. The molecular formula is C8H13ClN4. The van der Waals surface area contributed by atoms with Crippen LogP contribution in [0.25, 0.3) is 0 Å². The van der Waals surface area contributed by atoms with Gasteiger partial charge >= 0.3 is 0 Å². The fourth-order valence-corrected chi connectivity index (χ4v) is 1.33. The molecule has 1 atom stereocenters. The Morgan fingerprint density at radius 3 is 2.62 bits per heavy atom. The molecule has 4 nitrogen and oxygen atoms in total. The molecule has 1 aliphatic heterocycles. The monoisotopic (exact) mass is 200 g/mol. The maximum Gasteiger partial charge on any atom is 0.146 e. The van der Waals surface area contributed by atoms with E-state index in [0.29, 0.717) is 0 Å². The van der Waals surface area contributed by atoms with Gasteiger partial charge in [-0.15, -0.1) is 12.4 Å². The van der Waals surface area contributed by atoms with Crippen LogP contribution in [0.3, 0.4) is 0 Å². The highest BCUT2D eigenvalue weighted by Gasteiger charge is 2.15. The van der Waals surface area contributed by atoms with E-state index in [1.807, 2.05) is 6.07 Å². The molecule has 0 amide bonds. The molecule has 0 aliphatic carbocycles. The summed E-state index contributed by atoms with van der Waals surface area (Å²) in [5.74, 6) is 0.879. The van der Waals surface area contributed by atoms with Crippen LogP contribution in [0.15, 0.2) is 18.5 Å². The Labute approximate surface area is 83.6 Å². The van der Waals surface area contributed by atoms with E-state index in [-0.39, 0.29) is 18.4 Å². The predicted octanol–water partition coefficient (Wildman–Crippen LogP) is 0.132. The average Bonchev–Trinajstić information content (AvgIpc) is 2.21. The van der Waals surface area contributed by atoms with Crippen molar-refractivity contribution in [2.24, 2.45) is 0 Å². The minimum atomic E-state index is 0. The van der Waals surface area contributed by atoms with E-state index >= 15 is 0 Å². The van der Waals surface area contributed by atoms with Crippen molar-refractivity contribution in [1.82, 2.24) is 20.6 Å². The molecule has 0 bridgehead atoms. The molecule has 0 radical (unpaired) electrons. The Balaban J connectivity index is 0.000000845. The molecule has 1 fully saturated rings. The first-order valence-electron chi connectivity index (χ1n) is 4.18. The Morgan fingerprint density at radius 2 is 2.00 bits per heavy atom. The van der Waals surface area contributed by atoms with Crippen molar-refractivity contribution in [3.63, 3.8) is 0 Å². The number of piperazine rings is 1. The van der Waals surface area contributed by atoms with E-state index in [1.165, 1.54) is 0 Å². The molecule has 0 aromatic carbocycles. The summed E-state index contributed by atoms with van der Waals surface area (Å²) in [6.07, 6.45) is 3.55. The molecule has 1 unspecified atom stereocenters. The fourth-order valence-electron chi connectivity index (χ4n) is 1.33. The van der Waals surface area contributed by atoms with E-state index < -0.39 is 0 Å². The molecule has 1 saturated heterocycles. The van der Waals surface area contributed by atoms with Crippen molar-refractivity contribution in [2.45, 2.75) is 6.04 Å². The topological polar surface area (TPSA) is 49.8 Å². The normalized spacial score (nSPS) is 22.0. The third-order valence-corrected chi connectivity index (χ3v) is 1.94. The van der Waals surface area contributed by atoms with Gasteiger partial charge in [-0.2, -0.15) is 0 Å². The summed E-state index contributed by atoms with van der Waals surface area (Å²) >= 11 is 0. The zero-order valence-electron chi connectivity index (χ0n) is 7.23. The van der Waals surface area contributed by atoms with E-state index in [4.69, 9.17) is 0 Å². The summed E-state index contributed by atoms with van der Waals surface area (Å²) in [5, 5.41) is 6.64. The summed E-state index contributed by atoms with van der Waals surface area (Å²) in [6, 6.07) is 2.11. The largest absolute Gasteiger partial charge is 0.313 e. The van der Waals surface area contributed by atoms with Crippen LogP contribution >= 0.6 is 12.4 Å². The van der Waals surface area contributed by atoms with Gasteiger partial charge in [0.1, 0.15) is 5.82 Å². The maximum absolute atomic E-state index is 4.19. The summed E-state index contributed by atoms with van der Waals surface area (Å²) in [6.45, 7) is 2.94. The Kier molecular flexibility index (Phi) is 4.08. The first-order chi connectivity index (χ1) is 5.97. The van der Waals surface area contributed by atoms with Gasteiger partial charge < -0.3 is 10.6 Å². The standard InChI is InChI=1S/C8H12N4.ClH/c1-2-11-8(12-3-1)7-6-9-4-5-10-7;/h1-3,7,9-10H,4-6H2;1H. The Bertz CT molecular complexity index is 235. The lowest BCUT2D eigenvalue weighted by Crippen LogP contribution is -2.43. The SMILES string of the molecule is Cl.c1cnc(C2CNCCN2)nc1. The predicted molar refractivity (Wildman–Crippen MR) is 52.9 cm³/mol. The molecule has 72 valence electrons. The van der Waals surface area contributed by atoms with Gasteiger partial charge in [-0.1, -0.05) is 0 Å². The highest BCUT2D eigenvalue weighted by Crippen LogP contribution is 2.05. The van der Waals surface area contributed by atoms with Crippen LogP contribution in [0.5, 0.6) is 0 Å².